The minimum absolute atomic E-state index is 0.178. The van der Waals surface area contributed by atoms with Gasteiger partial charge in [0.25, 0.3) is 5.91 Å². The Hall–Kier alpha value is -3.67. The molecular weight excluding hydrogens is 340 g/mol. The number of rotatable bonds is 6. The first kappa shape index (κ1) is 16.8. The van der Waals surface area contributed by atoms with Gasteiger partial charge in [0.15, 0.2) is 0 Å². The van der Waals surface area contributed by atoms with E-state index in [0.717, 1.165) is 16.9 Å². The number of benzene rings is 2. The first-order chi connectivity index (χ1) is 13.3. The molecule has 4 rings (SSSR count). The molecular formula is C21H18N4O2. The van der Waals surface area contributed by atoms with Crippen molar-refractivity contribution in [3.8, 4) is 17.1 Å². The first-order valence-corrected chi connectivity index (χ1v) is 8.69. The van der Waals surface area contributed by atoms with Gasteiger partial charge in [-0.15, -0.1) is 0 Å². The second-order valence-electron chi connectivity index (χ2n) is 5.98. The molecule has 0 fully saturated rings. The largest absolute Gasteiger partial charge is 0.444 e. The molecule has 4 aromatic rings. The summed E-state index contributed by atoms with van der Waals surface area (Å²) in [6.45, 7) is 0.458. The molecule has 0 saturated heterocycles. The van der Waals surface area contributed by atoms with Crippen LogP contribution in [-0.4, -0.2) is 27.2 Å². The van der Waals surface area contributed by atoms with E-state index in [9.17, 15) is 4.79 Å². The predicted molar refractivity (Wildman–Crippen MR) is 102 cm³/mol. The van der Waals surface area contributed by atoms with Crippen LogP contribution in [0.5, 0.6) is 0 Å². The van der Waals surface area contributed by atoms with E-state index in [1.807, 2.05) is 60.7 Å². The standard InChI is InChI=1S/C21H18N4O2/c26-20(19-12-14-23-25(19)18-9-5-2-6-10-18)22-13-11-17-15-27-21(24-17)16-7-3-1-4-8-16/h1-10,12,14-15H,11,13H2,(H,22,26). The van der Waals surface area contributed by atoms with Crippen molar-refractivity contribution in [1.29, 1.82) is 0 Å². The smallest absolute Gasteiger partial charge is 0.270 e. The van der Waals surface area contributed by atoms with Crippen LogP contribution in [0.1, 0.15) is 16.2 Å². The molecule has 134 valence electrons. The Morgan fingerprint density at radius 1 is 1.00 bits per heavy atom. The van der Waals surface area contributed by atoms with Crippen molar-refractivity contribution in [1.82, 2.24) is 20.1 Å². The van der Waals surface area contributed by atoms with Crippen molar-refractivity contribution in [2.45, 2.75) is 6.42 Å². The van der Waals surface area contributed by atoms with E-state index < -0.39 is 0 Å². The topological polar surface area (TPSA) is 73.0 Å². The first-order valence-electron chi connectivity index (χ1n) is 8.69. The van der Waals surface area contributed by atoms with Gasteiger partial charge in [0.2, 0.25) is 5.89 Å². The fourth-order valence-electron chi connectivity index (χ4n) is 2.78. The van der Waals surface area contributed by atoms with Gasteiger partial charge < -0.3 is 9.73 Å². The van der Waals surface area contributed by atoms with E-state index >= 15 is 0 Å². The van der Waals surface area contributed by atoms with E-state index in [1.165, 1.54) is 0 Å². The minimum atomic E-state index is -0.178. The summed E-state index contributed by atoms with van der Waals surface area (Å²) in [6, 6.07) is 21.0. The van der Waals surface area contributed by atoms with Crippen molar-refractivity contribution in [2.24, 2.45) is 0 Å². The molecule has 0 spiro atoms. The Balaban J connectivity index is 1.37. The van der Waals surface area contributed by atoms with Gasteiger partial charge in [0.1, 0.15) is 12.0 Å². The summed E-state index contributed by atoms with van der Waals surface area (Å²) < 4.78 is 7.14. The van der Waals surface area contributed by atoms with Crippen molar-refractivity contribution >= 4 is 5.91 Å². The summed E-state index contributed by atoms with van der Waals surface area (Å²) in [4.78, 5) is 17.0. The molecule has 27 heavy (non-hydrogen) atoms. The lowest BCUT2D eigenvalue weighted by Crippen LogP contribution is -2.27. The molecule has 0 aliphatic heterocycles. The SMILES string of the molecule is O=C(NCCc1coc(-c2ccccc2)n1)c1ccnn1-c1ccccc1. The minimum Gasteiger partial charge on any atom is -0.444 e. The molecule has 0 bridgehead atoms. The summed E-state index contributed by atoms with van der Waals surface area (Å²) in [5, 5.41) is 7.15. The number of para-hydroxylation sites is 1. The van der Waals surface area contributed by atoms with E-state index in [1.54, 1.807) is 23.2 Å². The Kier molecular flexibility index (Phi) is 4.78. The highest BCUT2D eigenvalue weighted by Crippen LogP contribution is 2.18. The zero-order valence-corrected chi connectivity index (χ0v) is 14.6. The molecule has 0 unspecified atom stereocenters. The Morgan fingerprint density at radius 2 is 1.74 bits per heavy atom. The number of hydrogen-bond donors (Lipinski definition) is 1. The lowest BCUT2D eigenvalue weighted by Gasteiger charge is -2.07. The molecule has 0 aliphatic rings. The Bertz CT molecular complexity index is 1020. The maximum absolute atomic E-state index is 12.5. The molecule has 0 aliphatic carbocycles. The van der Waals surface area contributed by atoms with Crippen molar-refractivity contribution in [2.75, 3.05) is 6.54 Å². The lowest BCUT2D eigenvalue weighted by atomic mass is 10.2. The van der Waals surface area contributed by atoms with Crippen LogP contribution < -0.4 is 5.32 Å². The van der Waals surface area contributed by atoms with Crippen molar-refractivity contribution in [3.63, 3.8) is 0 Å². The van der Waals surface area contributed by atoms with Gasteiger partial charge in [-0.05, 0) is 30.3 Å². The van der Waals surface area contributed by atoms with Crippen LogP contribution in [0.3, 0.4) is 0 Å². The number of nitrogens with zero attached hydrogens (tertiary/aromatic N) is 3. The average molecular weight is 358 g/mol. The summed E-state index contributed by atoms with van der Waals surface area (Å²) in [5.41, 5.74) is 3.06. The molecule has 2 heterocycles. The van der Waals surface area contributed by atoms with Gasteiger partial charge in [-0.25, -0.2) is 9.67 Å². The summed E-state index contributed by atoms with van der Waals surface area (Å²) in [5.74, 6) is 0.405. The van der Waals surface area contributed by atoms with Crippen LogP contribution in [0.15, 0.2) is 83.6 Å². The highest BCUT2D eigenvalue weighted by molar-refractivity contribution is 5.93. The summed E-state index contributed by atoms with van der Waals surface area (Å²) in [6.07, 6.45) is 3.83. The molecule has 1 amide bonds. The maximum atomic E-state index is 12.5. The monoisotopic (exact) mass is 358 g/mol. The normalized spacial score (nSPS) is 10.7. The second kappa shape index (κ2) is 7.70. The Morgan fingerprint density at radius 3 is 2.52 bits per heavy atom. The third-order valence-electron chi connectivity index (χ3n) is 4.12. The average Bonchev–Trinajstić information content (AvgIpc) is 3.39. The van der Waals surface area contributed by atoms with Gasteiger partial charge in [0, 0.05) is 18.5 Å². The van der Waals surface area contributed by atoms with Crippen LogP contribution >= 0.6 is 0 Å². The number of amides is 1. The number of carbonyl (C=O) groups excluding carboxylic acids is 1. The predicted octanol–water partition coefficient (Wildman–Crippen LogP) is 3.50. The zero-order chi connectivity index (χ0) is 18.5. The molecule has 2 aromatic heterocycles. The van der Waals surface area contributed by atoms with Gasteiger partial charge in [-0.1, -0.05) is 36.4 Å². The zero-order valence-electron chi connectivity index (χ0n) is 14.6. The molecule has 0 atom stereocenters. The van der Waals surface area contributed by atoms with E-state index in [4.69, 9.17) is 4.42 Å². The van der Waals surface area contributed by atoms with Crippen molar-refractivity contribution in [3.05, 3.63) is 90.6 Å². The van der Waals surface area contributed by atoms with Gasteiger partial charge in [-0.2, -0.15) is 5.10 Å². The van der Waals surface area contributed by atoms with E-state index in [-0.39, 0.29) is 5.91 Å². The fraction of sp³-hybridized carbons (Fsp3) is 0.0952. The van der Waals surface area contributed by atoms with Gasteiger partial charge >= 0.3 is 0 Å². The Labute approximate surface area is 156 Å². The number of carbonyl (C=O) groups is 1. The van der Waals surface area contributed by atoms with Crippen LogP contribution in [0.4, 0.5) is 0 Å². The molecule has 0 radical (unpaired) electrons. The molecule has 0 saturated carbocycles. The van der Waals surface area contributed by atoms with Gasteiger partial charge in [0.05, 0.1) is 17.6 Å². The lowest BCUT2D eigenvalue weighted by molar-refractivity contribution is 0.0946. The van der Waals surface area contributed by atoms with Crippen molar-refractivity contribution < 1.29 is 9.21 Å². The summed E-state index contributed by atoms with van der Waals surface area (Å²) >= 11 is 0. The summed E-state index contributed by atoms with van der Waals surface area (Å²) in [7, 11) is 0. The quantitative estimate of drug-likeness (QED) is 0.572. The fourth-order valence-corrected chi connectivity index (χ4v) is 2.78. The highest BCUT2D eigenvalue weighted by atomic mass is 16.3. The van der Waals surface area contributed by atoms with Crippen LogP contribution in [0.2, 0.25) is 0 Å². The number of oxazole rings is 1. The van der Waals surface area contributed by atoms with Crippen LogP contribution in [0, 0.1) is 0 Å². The van der Waals surface area contributed by atoms with Crippen LogP contribution in [-0.2, 0) is 6.42 Å². The molecule has 6 nitrogen and oxygen atoms in total. The third kappa shape index (κ3) is 3.79. The van der Waals surface area contributed by atoms with E-state index in [0.29, 0.717) is 24.6 Å². The molecule has 2 aromatic carbocycles. The number of nitrogens with one attached hydrogen (secondary N) is 1. The van der Waals surface area contributed by atoms with Crippen LogP contribution in [0.25, 0.3) is 17.1 Å². The maximum Gasteiger partial charge on any atom is 0.270 e. The third-order valence-corrected chi connectivity index (χ3v) is 4.12. The highest BCUT2D eigenvalue weighted by Gasteiger charge is 2.13. The van der Waals surface area contributed by atoms with E-state index in [2.05, 4.69) is 15.4 Å². The molecule has 1 N–H and O–H groups in total. The number of hydrogen-bond acceptors (Lipinski definition) is 4. The van der Waals surface area contributed by atoms with Gasteiger partial charge in [-0.3, -0.25) is 4.79 Å². The molecule has 6 heteroatoms. The number of aromatic nitrogens is 3. The second-order valence-corrected chi connectivity index (χ2v) is 5.98.